The second kappa shape index (κ2) is 5.60. The summed E-state index contributed by atoms with van der Waals surface area (Å²) in [6.45, 7) is 5.44. The Morgan fingerprint density at radius 2 is 1.94 bits per heavy atom. The molecule has 2 rings (SSSR count). The van der Waals surface area contributed by atoms with E-state index >= 15 is 0 Å². The van der Waals surface area contributed by atoms with Crippen LogP contribution in [0.15, 0.2) is 0 Å². The number of carbonyl (C=O) groups excluding carboxylic acids is 1. The normalized spacial score (nSPS) is 34.7. The molecule has 0 heterocycles. The van der Waals surface area contributed by atoms with Gasteiger partial charge in [-0.15, -0.1) is 0 Å². The van der Waals surface area contributed by atoms with Gasteiger partial charge in [-0.1, -0.05) is 26.7 Å². The Balaban J connectivity index is 1.81. The van der Waals surface area contributed by atoms with E-state index in [2.05, 4.69) is 19.2 Å². The molecule has 3 heteroatoms. The molecule has 2 N–H and O–H groups in total. The largest absolute Gasteiger partial charge is 0.396 e. The summed E-state index contributed by atoms with van der Waals surface area (Å²) in [5.74, 6) is 1.32. The Bertz CT molecular complexity index is 301. The van der Waals surface area contributed by atoms with Crippen molar-refractivity contribution in [2.45, 2.75) is 52.4 Å². The van der Waals surface area contributed by atoms with Crippen molar-refractivity contribution in [2.75, 3.05) is 13.2 Å². The number of hydrogen-bond acceptors (Lipinski definition) is 2. The van der Waals surface area contributed by atoms with E-state index in [-0.39, 0.29) is 23.8 Å². The van der Waals surface area contributed by atoms with E-state index in [1.54, 1.807) is 0 Å². The van der Waals surface area contributed by atoms with Crippen molar-refractivity contribution in [1.29, 1.82) is 0 Å². The topological polar surface area (TPSA) is 49.3 Å². The first-order valence-corrected chi connectivity index (χ1v) is 7.43. The van der Waals surface area contributed by atoms with Crippen LogP contribution in [-0.4, -0.2) is 24.2 Å². The highest BCUT2D eigenvalue weighted by molar-refractivity contribution is 5.79. The van der Waals surface area contributed by atoms with Crippen molar-refractivity contribution in [3.05, 3.63) is 0 Å². The van der Waals surface area contributed by atoms with Gasteiger partial charge < -0.3 is 10.4 Å². The number of carbonyl (C=O) groups is 1. The highest BCUT2D eigenvalue weighted by Gasteiger charge is 2.39. The van der Waals surface area contributed by atoms with Crippen LogP contribution in [0.1, 0.15) is 52.4 Å². The Hall–Kier alpha value is -0.570. The molecule has 0 aromatic carbocycles. The SMILES string of the molecule is CC1(C)CCCC1C(=O)NCC1CCCC1CO. The van der Waals surface area contributed by atoms with E-state index in [4.69, 9.17) is 0 Å². The molecule has 0 radical (unpaired) electrons. The maximum Gasteiger partial charge on any atom is 0.223 e. The molecule has 18 heavy (non-hydrogen) atoms. The smallest absolute Gasteiger partial charge is 0.223 e. The molecular weight excluding hydrogens is 226 g/mol. The van der Waals surface area contributed by atoms with Crippen molar-refractivity contribution in [1.82, 2.24) is 5.32 Å². The Kier molecular flexibility index (Phi) is 4.31. The molecule has 0 saturated heterocycles. The van der Waals surface area contributed by atoms with E-state index in [0.29, 0.717) is 11.8 Å². The number of aliphatic hydroxyl groups excluding tert-OH is 1. The summed E-state index contributed by atoms with van der Waals surface area (Å²) in [6, 6.07) is 0. The molecule has 0 aromatic heterocycles. The standard InChI is InChI=1S/C15H27NO2/c1-15(2)8-4-7-13(15)14(18)16-9-11-5-3-6-12(11)10-17/h11-13,17H,3-10H2,1-2H3,(H,16,18). The Labute approximate surface area is 110 Å². The summed E-state index contributed by atoms with van der Waals surface area (Å²) in [7, 11) is 0. The van der Waals surface area contributed by atoms with Gasteiger partial charge >= 0.3 is 0 Å². The van der Waals surface area contributed by atoms with E-state index in [9.17, 15) is 9.90 Å². The molecule has 1 amide bonds. The van der Waals surface area contributed by atoms with Gasteiger partial charge in [0.05, 0.1) is 0 Å². The zero-order valence-electron chi connectivity index (χ0n) is 11.7. The van der Waals surface area contributed by atoms with Gasteiger partial charge in [-0.2, -0.15) is 0 Å². The van der Waals surface area contributed by atoms with Crippen LogP contribution in [-0.2, 0) is 4.79 Å². The third kappa shape index (κ3) is 2.87. The lowest BCUT2D eigenvalue weighted by molar-refractivity contribution is -0.127. The lowest BCUT2D eigenvalue weighted by Crippen LogP contribution is -2.39. The minimum absolute atomic E-state index is 0.163. The van der Waals surface area contributed by atoms with E-state index in [1.807, 2.05) is 0 Å². The number of amides is 1. The van der Waals surface area contributed by atoms with E-state index in [1.165, 1.54) is 12.8 Å². The molecule has 104 valence electrons. The monoisotopic (exact) mass is 253 g/mol. The first kappa shape index (κ1) is 13.9. The van der Waals surface area contributed by atoms with Crippen molar-refractivity contribution in [2.24, 2.45) is 23.2 Å². The molecule has 0 bridgehead atoms. The molecule has 3 unspecified atom stereocenters. The Morgan fingerprint density at radius 1 is 1.22 bits per heavy atom. The highest BCUT2D eigenvalue weighted by atomic mass is 16.3. The van der Waals surface area contributed by atoms with Gasteiger partial charge in [0.25, 0.3) is 0 Å². The van der Waals surface area contributed by atoms with Crippen molar-refractivity contribution in [3.63, 3.8) is 0 Å². The number of nitrogens with one attached hydrogen (secondary N) is 1. The maximum absolute atomic E-state index is 12.2. The zero-order chi connectivity index (χ0) is 13.2. The predicted octanol–water partition coefficient (Wildman–Crippen LogP) is 2.34. The number of aliphatic hydroxyl groups is 1. The first-order chi connectivity index (χ1) is 8.54. The summed E-state index contributed by atoms with van der Waals surface area (Å²) >= 11 is 0. The average molecular weight is 253 g/mol. The quantitative estimate of drug-likeness (QED) is 0.808. The van der Waals surface area contributed by atoms with Gasteiger partial charge in [-0.25, -0.2) is 0 Å². The van der Waals surface area contributed by atoms with Gasteiger partial charge in [0.2, 0.25) is 5.91 Å². The summed E-state index contributed by atoms with van der Waals surface area (Å²) < 4.78 is 0. The predicted molar refractivity (Wildman–Crippen MR) is 72.0 cm³/mol. The summed E-state index contributed by atoms with van der Waals surface area (Å²) in [6.07, 6.45) is 6.83. The van der Waals surface area contributed by atoms with Crippen LogP contribution in [0.3, 0.4) is 0 Å². The molecule has 2 aliphatic carbocycles. The third-order valence-electron chi connectivity index (χ3n) is 5.16. The molecule has 3 atom stereocenters. The molecule has 2 fully saturated rings. The van der Waals surface area contributed by atoms with Gasteiger partial charge in [-0.05, 0) is 42.9 Å². The summed E-state index contributed by atoms with van der Waals surface area (Å²) in [5, 5.41) is 12.4. The first-order valence-electron chi connectivity index (χ1n) is 7.43. The van der Waals surface area contributed by atoms with Crippen LogP contribution in [0.5, 0.6) is 0 Å². The second-order valence-corrected chi connectivity index (χ2v) is 6.81. The minimum atomic E-state index is 0.163. The van der Waals surface area contributed by atoms with Crippen LogP contribution in [0.2, 0.25) is 0 Å². The van der Waals surface area contributed by atoms with Gasteiger partial charge in [-0.3, -0.25) is 4.79 Å². The fraction of sp³-hybridized carbons (Fsp3) is 0.933. The highest BCUT2D eigenvalue weighted by Crippen LogP contribution is 2.42. The lowest BCUT2D eigenvalue weighted by atomic mass is 9.81. The van der Waals surface area contributed by atoms with Crippen LogP contribution < -0.4 is 5.32 Å². The van der Waals surface area contributed by atoms with Gasteiger partial charge in [0.15, 0.2) is 0 Å². The molecule has 2 saturated carbocycles. The van der Waals surface area contributed by atoms with Crippen molar-refractivity contribution >= 4 is 5.91 Å². The van der Waals surface area contributed by atoms with Crippen LogP contribution >= 0.6 is 0 Å². The average Bonchev–Trinajstić information content (AvgIpc) is 2.91. The molecule has 0 spiro atoms. The van der Waals surface area contributed by atoms with Crippen LogP contribution in [0, 0.1) is 23.2 Å². The van der Waals surface area contributed by atoms with Crippen LogP contribution in [0.25, 0.3) is 0 Å². The molecule has 2 aliphatic rings. The minimum Gasteiger partial charge on any atom is -0.396 e. The van der Waals surface area contributed by atoms with Crippen molar-refractivity contribution in [3.8, 4) is 0 Å². The number of rotatable bonds is 4. The molecule has 3 nitrogen and oxygen atoms in total. The Morgan fingerprint density at radius 3 is 2.56 bits per heavy atom. The van der Waals surface area contributed by atoms with Crippen molar-refractivity contribution < 1.29 is 9.90 Å². The number of hydrogen-bond donors (Lipinski definition) is 2. The maximum atomic E-state index is 12.2. The molecule has 0 aliphatic heterocycles. The van der Waals surface area contributed by atoms with Gasteiger partial charge in [0.1, 0.15) is 0 Å². The fourth-order valence-corrected chi connectivity index (χ4v) is 3.79. The molecular formula is C15H27NO2. The van der Waals surface area contributed by atoms with Crippen LogP contribution in [0.4, 0.5) is 0 Å². The second-order valence-electron chi connectivity index (χ2n) is 6.81. The van der Waals surface area contributed by atoms with E-state index < -0.39 is 0 Å². The van der Waals surface area contributed by atoms with E-state index in [0.717, 1.165) is 32.2 Å². The summed E-state index contributed by atoms with van der Waals surface area (Å²) in [5.41, 5.74) is 0.163. The summed E-state index contributed by atoms with van der Waals surface area (Å²) in [4.78, 5) is 12.2. The zero-order valence-corrected chi connectivity index (χ0v) is 11.7. The molecule has 0 aromatic rings. The van der Waals surface area contributed by atoms with Gasteiger partial charge in [0, 0.05) is 19.1 Å². The lowest BCUT2D eigenvalue weighted by Gasteiger charge is -2.27. The third-order valence-corrected chi connectivity index (χ3v) is 5.16. The fourth-order valence-electron chi connectivity index (χ4n) is 3.79.